The number of hydrogen-bond acceptors (Lipinski definition) is 4. The van der Waals surface area contributed by atoms with E-state index in [1.807, 2.05) is 0 Å². The van der Waals surface area contributed by atoms with Crippen LogP contribution in [0.2, 0.25) is 0 Å². The maximum Gasteiger partial charge on any atom is 0.330 e. The van der Waals surface area contributed by atoms with Crippen molar-refractivity contribution in [3.8, 4) is 11.8 Å². The van der Waals surface area contributed by atoms with Crippen LogP contribution < -0.4 is 0 Å². The molecule has 0 amide bonds. The van der Waals surface area contributed by atoms with Gasteiger partial charge in [0.25, 0.3) is 0 Å². The fraction of sp³-hybridized carbons (Fsp3) is 0.429. The molecule has 0 aliphatic heterocycles. The Balaban J connectivity index is 1.23. The van der Waals surface area contributed by atoms with Crippen molar-refractivity contribution < 1.29 is 19.1 Å². The minimum absolute atomic E-state index is 0.0210. The van der Waals surface area contributed by atoms with Crippen LogP contribution in [0.1, 0.15) is 98.3 Å². The molecular formula is C35H40O4. The smallest absolute Gasteiger partial charge is 0.330 e. The molecule has 0 saturated heterocycles. The van der Waals surface area contributed by atoms with Gasteiger partial charge >= 0.3 is 11.9 Å². The zero-order valence-electron chi connectivity index (χ0n) is 22.9. The Morgan fingerprint density at radius 2 is 1.36 bits per heavy atom. The highest BCUT2D eigenvalue weighted by atomic mass is 16.5. The van der Waals surface area contributed by atoms with E-state index in [9.17, 15) is 9.59 Å². The number of rotatable bonds is 9. The molecule has 0 aromatic heterocycles. The maximum absolute atomic E-state index is 11.6. The Labute approximate surface area is 233 Å². The van der Waals surface area contributed by atoms with Gasteiger partial charge in [-0.05, 0) is 117 Å². The van der Waals surface area contributed by atoms with Crippen molar-refractivity contribution >= 4 is 11.9 Å². The number of esters is 2. The maximum atomic E-state index is 11.6. The lowest BCUT2D eigenvalue weighted by atomic mass is 9.77. The van der Waals surface area contributed by atoms with Crippen LogP contribution in [0.4, 0.5) is 0 Å². The lowest BCUT2D eigenvalue weighted by Gasteiger charge is -2.29. The largest absolute Gasteiger partial charge is 0.463 e. The Kier molecular flexibility index (Phi) is 10.6. The van der Waals surface area contributed by atoms with Crippen LogP contribution in [0.5, 0.6) is 0 Å². The number of carbonyl (C=O) groups is 2. The monoisotopic (exact) mass is 524 g/mol. The van der Waals surface area contributed by atoms with Crippen LogP contribution >= 0.6 is 0 Å². The van der Waals surface area contributed by atoms with E-state index in [0.717, 1.165) is 55.6 Å². The first kappa shape index (κ1) is 28.4. The highest BCUT2D eigenvalue weighted by Crippen LogP contribution is 2.37. The van der Waals surface area contributed by atoms with Crippen LogP contribution in [0.25, 0.3) is 0 Å². The van der Waals surface area contributed by atoms with Crippen molar-refractivity contribution in [1.29, 1.82) is 0 Å². The number of carbonyl (C=O) groups excluding carboxylic acids is 2. The van der Waals surface area contributed by atoms with E-state index in [1.54, 1.807) is 0 Å². The summed E-state index contributed by atoms with van der Waals surface area (Å²) in [4.78, 5) is 22.7. The van der Waals surface area contributed by atoms with E-state index < -0.39 is 0 Å². The van der Waals surface area contributed by atoms with Crippen LogP contribution in [-0.2, 0) is 19.1 Å². The Hall–Kier alpha value is -3.58. The molecular weight excluding hydrogens is 484 g/mol. The van der Waals surface area contributed by atoms with Gasteiger partial charge < -0.3 is 9.47 Å². The van der Waals surface area contributed by atoms with E-state index >= 15 is 0 Å². The zero-order chi connectivity index (χ0) is 27.5. The molecule has 39 heavy (non-hydrogen) atoms. The van der Waals surface area contributed by atoms with Gasteiger partial charge in [-0.3, -0.25) is 0 Å². The first-order valence-corrected chi connectivity index (χ1v) is 14.4. The summed E-state index contributed by atoms with van der Waals surface area (Å²) in [6.45, 7) is 7.42. The van der Waals surface area contributed by atoms with E-state index in [1.165, 1.54) is 49.0 Å². The summed E-state index contributed by atoms with van der Waals surface area (Å²) in [6.07, 6.45) is 13.4. The van der Waals surface area contributed by atoms with Gasteiger partial charge in [-0.15, -0.1) is 0 Å². The van der Waals surface area contributed by atoms with E-state index in [2.05, 4.69) is 73.5 Å². The summed E-state index contributed by atoms with van der Waals surface area (Å²) in [5.41, 5.74) is 4.73. The zero-order valence-corrected chi connectivity index (χ0v) is 22.9. The van der Waals surface area contributed by atoms with Gasteiger partial charge in [-0.25, -0.2) is 9.59 Å². The third-order valence-corrected chi connectivity index (χ3v) is 8.21. The molecule has 204 valence electrons. The normalized spacial score (nSPS) is 22.6. The van der Waals surface area contributed by atoms with Gasteiger partial charge in [0.1, 0.15) is 6.10 Å². The molecule has 2 aromatic carbocycles. The molecule has 2 aliphatic carbocycles. The lowest BCUT2D eigenvalue weighted by molar-refractivity contribution is -0.144. The van der Waals surface area contributed by atoms with Gasteiger partial charge in [-0.2, -0.15) is 0 Å². The Bertz CT molecular complexity index is 1170. The Morgan fingerprint density at radius 1 is 0.769 bits per heavy atom. The number of ether oxygens (including phenoxy) is 2. The molecule has 2 aromatic rings. The van der Waals surface area contributed by atoms with Gasteiger partial charge in [0, 0.05) is 23.3 Å². The van der Waals surface area contributed by atoms with Gasteiger partial charge in [-0.1, -0.05) is 49.3 Å². The average Bonchev–Trinajstić information content (AvgIpc) is 2.99. The van der Waals surface area contributed by atoms with Crippen molar-refractivity contribution in [1.82, 2.24) is 0 Å². The highest BCUT2D eigenvalue weighted by molar-refractivity contribution is 5.81. The third-order valence-electron chi connectivity index (χ3n) is 8.21. The molecule has 0 N–H and O–H groups in total. The topological polar surface area (TPSA) is 52.6 Å². The van der Waals surface area contributed by atoms with Gasteiger partial charge in [0.15, 0.2) is 0 Å². The average molecular weight is 525 g/mol. The van der Waals surface area contributed by atoms with Crippen LogP contribution in [-0.4, -0.2) is 24.6 Å². The van der Waals surface area contributed by atoms with Crippen molar-refractivity contribution in [3.05, 3.63) is 96.1 Å². The quantitative estimate of drug-likeness (QED) is 0.146. The second-order valence-corrected chi connectivity index (χ2v) is 10.9. The van der Waals surface area contributed by atoms with Crippen LogP contribution in [0.3, 0.4) is 0 Å². The predicted molar refractivity (Wildman–Crippen MR) is 155 cm³/mol. The molecule has 2 aliphatic rings. The first-order chi connectivity index (χ1) is 19.0. The molecule has 2 atom stereocenters. The molecule has 2 fully saturated rings. The minimum Gasteiger partial charge on any atom is -0.463 e. The van der Waals surface area contributed by atoms with Crippen LogP contribution in [0, 0.1) is 17.8 Å². The summed E-state index contributed by atoms with van der Waals surface area (Å²) >= 11 is 0. The molecule has 0 bridgehead atoms. The standard InChI is InChI=1S/C35H40O4/c1-3-34(36)38-24-6-7-26-12-18-29(19-13-26)30-20-14-27(15-21-30)10-11-28-16-22-31(23-17-28)32-8-5-9-33(25-32)39-35(37)4-2/h3-4,14-17,20-23,26,29,32-33H,1-2,5-9,12-13,18-19,24-25H2. The second kappa shape index (κ2) is 14.5. The number of benzene rings is 2. The molecule has 0 heterocycles. The van der Waals surface area contributed by atoms with E-state index in [4.69, 9.17) is 9.47 Å². The summed E-state index contributed by atoms with van der Waals surface area (Å²) in [5.74, 6) is 7.72. The van der Waals surface area contributed by atoms with Crippen molar-refractivity contribution in [2.24, 2.45) is 5.92 Å². The third kappa shape index (κ3) is 8.72. The van der Waals surface area contributed by atoms with Gasteiger partial charge in [0.05, 0.1) is 6.61 Å². The Morgan fingerprint density at radius 3 is 1.95 bits per heavy atom. The summed E-state index contributed by atoms with van der Waals surface area (Å²) < 4.78 is 10.6. The fourth-order valence-corrected chi connectivity index (χ4v) is 5.98. The minimum atomic E-state index is -0.330. The van der Waals surface area contributed by atoms with E-state index in [-0.39, 0.29) is 18.0 Å². The first-order valence-electron chi connectivity index (χ1n) is 14.4. The van der Waals surface area contributed by atoms with Crippen LogP contribution in [0.15, 0.2) is 73.8 Å². The summed E-state index contributed by atoms with van der Waals surface area (Å²) in [7, 11) is 0. The molecule has 2 saturated carbocycles. The lowest BCUT2D eigenvalue weighted by Crippen LogP contribution is -2.24. The van der Waals surface area contributed by atoms with Crippen molar-refractivity contribution in [2.75, 3.05) is 6.61 Å². The molecule has 0 radical (unpaired) electrons. The molecule has 4 heteroatoms. The summed E-state index contributed by atoms with van der Waals surface area (Å²) in [5, 5.41) is 0. The highest BCUT2D eigenvalue weighted by Gasteiger charge is 2.25. The SMILES string of the molecule is C=CC(=O)OCCCC1CCC(c2ccc(C#Cc3ccc(C4CCCC(OC(=O)C=C)C4)cc3)cc2)CC1. The number of hydrogen-bond donors (Lipinski definition) is 0. The molecule has 0 spiro atoms. The van der Waals surface area contributed by atoms with Gasteiger partial charge in [0.2, 0.25) is 0 Å². The van der Waals surface area contributed by atoms with Crippen molar-refractivity contribution in [2.45, 2.75) is 82.1 Å². The summed E-state index contributed by atoms with van der Waals surface area (Å²) in [6, 6.07) is 17.3. The fourth-order valence-electron chi connectivity index (χ4n) is 5.98. The molecule has 2 unspecified atom stereocenters. The van der Waals surface area contributed by atoms with Crippen molar-refractivity contribution in [3.63, 3.8) is 0 Å². The molecule has 4 rings (SSSR count). The second-order valence-electron chi connectivity index (χ2n) is 10.9. The predicted octanol–water partition coefficient (Wildman–Crippen LogP) is 7.63. The van der Waals surface area contributed by atoms with E-state index in [0.29, 0.717) is 18.4 Å². The molecule has 4 nitrogen and oxygen atoms in total.